The number of hydrogen-bond donors (Lipinski definition) is 0. The Morgan fingerprint density at radius 1 is 1.17 bits per heavy atom. The molecule has 24 heavy (non-hydrogen) atoms. The largest absolute Gasteiger partial charge is 0.497 e. The normalized spacial score (nSPS) is 16.2. The standard InChI is InChI=1S/C19H16O5/c1-11-17(12-5-4-6-13(9-12)19(21)23-3)18(20)15-8-7-14(22-2)10-16(15)24-11/h4-10,17H,1H2,2-3H3. The molecule has 0 N–H and O–H groups in total. The van der Waals surface area contributed by atoms with Gasteiger partial charge in [-0.2, -0.15) is 0 Å². The van der Waals surface area contributed by atoms with Crippen molar-refractivity contribution in [3.63, 3.8) is 0 Å². The fourth-order valence-electron chi connectivity index (χ4n) is 2.72. The molecule has 0 bridgehead atoms. The number of ether oxygens (including phenoxy) is 3. The third-order valence-electron chi connectivity index (χ3n) is 3.92. The molecule has 2 aromatic carbocycles. The Labute approximate surface area is 139 Å². The van der Waals surface area contributed by atoms with Crippen molar-refractivity contribution in [1.29, 1.82) is 0 Å². The zero-order valence-corrected chi connectivity index (χ0v) is 13.4. The van der Waals surface area contributed by atoms with Crippen LogP contribution >= 0.6 is 0 Å². The van der Waals surface area contributed by atoms with Gasteiger partial charge in [-0.25, -0.2) is 4.79 Å². The van der Waals surface area contributed by atoms with Crippen LogP contribution in [0, 0.1) is 0 Å². The number of carbonyl (C=O) groups is 2. The van der Waals surface area contributed by atoms with Crippen LogP contribution in [0.15, 0.2) is 54.8 Å². The fraction of sp³-hybridized carbons (Fsp3) is 0.158. The molecule has 1 aliphatic heterocycles. The van der Waals surface area contributed by atoms with Crippen molar-refractivity contribution in [2.75, 3.05) is 14.2 Å². The van der Waals surface area contributed by atoms with Crippen LogP contribution < -0.4 is 9.47 Å². The van der Waals surface area contributed by atoms with Crippen LogP contribution in [0.4, 0.5) is 0 Å². The molecule has 5 heteroatoms. The monoisotopic (exact) mass is 324 g/mol. The minimum Gasteiger partial charge on any atom is -0.497 e. The minimum atomic E-state index is -0.671. The van der Waals surface area contributed by atoms with Crippen molar-refractivity contribution < 1.29 is 23.8 Å². The van der Waals surface area contributed by atoms with Crippen LogP contribution in [0.2, 0.25) is 0 Å². The lowest BCUT2D eigenvalue weighted by Crippen LogP contribution is -2.24. The molecule has 0 amide bonds. The lowest BCUT2D eigenvalue weighted by molar-refractivity contribution is 0.0600. The van der Waals surface area contributed by atoms with Crippen molar-refractivity contribution in [1.82, 2.24) is 0 Å². The molecule has 122 valence electrons. The van der Waals surface area contributed by atoms with E-state index in [9.17, 15) is 9.59 Å². The molecule has 0 aromatic heterocycles. The molecule has 3 rings (SSSR count). The Bertz CT molecular complexity index is 837. The third-order valence-corrected chi connectivity index (χ3v) is 3.92. The Morgan fingerprint density at radius 3 is 2.67 bits per heavy atom. The number of hydrogen-bond acceptors (Lipinski definition) is 5. The van der Waals surface area contributed by atoms with Crippen molar-refractivity contribution in [2.24, 2.45) is 0 Å². The van der Waals surface area contributed by atoms with Gasteiger partial charge in [0.05, 0.1) is 25.3 Å². The lowest BCUT2D eigenvalue weighted by atomic mass is 9.86. The second-order valence-electron chi connectivity index (χ2n) is 5.34. The molecular weight excluding hydrogens is 308 g/mol. The van der Waals surface area contributed by atoms with Crippen molar-refractivity contribution in [2.45, 2.75) is 5.92 Å². The topological polar surface area (TPSA) is 61.8 Å². The van der Waals surface area contributed by atoms with E-state index in [1.165, 1.54) is 7.11 Å². The average Bonchev–Trinajstić information content (AvgIpc) is 2.60. The molecular formula is C19H16O5. The molecule has 0 saturated carbocycles. The van der Waals surface area contributed by atoms with Crippen LogP contribution in [0.25, 0.3) is 0 Å². The van der Waals surface area contributed by atoms with Gasteiger partial charge in [-0.3, -0.25) is 4.79 Å². The van der Waals surface area contributed by atoms with Crippen LogP contribution in [0.5, 0.6) is 11.5 Å². The van der Waals surface area contributed by atoms with Crippen molar-refractivity contribution >= 4 is 11.8 Å². The summed E-state index contributed by atoms with van der Waals surface area (Å²) < 4.78 is 15.6. The van der Waals surface area contributed by atoms with E-state index in [1.54, 1.807) is 49.6 Å². The summed E-state index contributed by atoms with van der Waals surface area (Å²) in [5.41, 5.74) is 1.46. The highest BCUT2D eigenvalue weighted by atomic mass is 16.5. The molecule has 0 saturated heterocycles. The summed E-state index contributed by atoms with van der Waals surface area (Å²) in [5.74, 6) is 0.0613. The van der Waals surface area contributed by atoms with Crippen LogP contribution in [-0.4, -0.2) is 26.0 Å². The van der Waals surface area contributed by atoms with Gasteiger partial charge in [-0.15, -0.1) is 0 Å². The molecule has 1 aliphatic rings. The zero-order valence-electron chi connectivity index (χ0n) is 13.4. The first-order valence-corrected chi connectivity index (χ1v) is 7.32. The number of Topliss-reactive ketones (excluding diaryl/α,β-unsaturated/α-hetero) is 1. The van der Waals surface area contributed by atoms with Gasteiger partial charge in [-0.05, 0) is 29.8 Å². The number of allylic oxidation sites excluding steroid dienone is 1. The third kappa shape index (κ3) is 2.65. The highest BCUT2D eigenvalue weighted by Crippen LogP contribution is 2.39. The van der Waals surface area contributed by atoms with Crippen LogP contribution in [0.1, 0.15) is 32.2 Å². The molecule has 1 atom stereocenters. The zero-order chi connectivity index (χ0) is 17.3. The van der Waals surface area contributed by atoms with E-state index in [4.69, 9.17) is 14.2 Å². The Morgan fingerprint density at radius 2 is 1.96 bits per heavy atom. The number of esters is 1. The maximum absolute atomic E-state index is 12.9. The van der Waals surface area contributed by atoms with Gasteiger partial charge in [0.1, 0.15) is 23.2 Å². The first-order chi connectivity index (χ1) is 11.5. The first-order valence-electron chi connectivity index (χ1n) is 7.32. The second-order valence-corrected chi connectivity index (χ2v) is 5.34. The highest BCUT2D eigenvalue weighted by Gasteiger charge is 2.34. The Kier molecular flexibility index (Phi) is 4.08. The molecule has 0 spiro atoms. The summed E-state index contributed by atoms with van der Waals surface area (Å²) in [5, 5.41) is 0. The predicted octanol–water partition coefficient (Wildman–Crippen LogP) is 3.35. The summed E-state index contributed by atoms with van der Waals surface area (Å²) in [4.78, 5) is 24.6. The van der Waals surface area contributed by atoms with Crippen molar-refractivity contribution in [3.8, 4) is 11.5 Å². The van der Waals surface area contributed by atoms with Gasteiger partial charge in [0.15, 0.2) is 5.78 Å². The fourth-order valence-corrected chi connectivity index (χ4v) is 2.72. The van der Waals surface area contributed by atoms with Crippen LogP contribution in [0.3, 0.4) is 0 Å². The minimum absolute atomic E-state index is 0.133. The van der Waals surface area contributed by atoms with E-state index in [2.05, 4.69) is 6.58 Å². The number of fused-ring (bicyclic) bond motifs is 1. The molecule has 0 fully saturated rings. The van der Waals surface area contributed by atoms with E-state index < -0.39 is 11.9 Å². The van der Waals surface area contributed by atoms with E-state index in [0.29, 0.717) is 33.9 Å². The van der Waals surface area contributed by atoms with E-state index in [0.717, 1.165) is 0 Å². The summed E-state index contributed by atoms with van der Waals surface area (Å²) in [6.45, 7) is 3.87. The predicted molar refractivity (Wildman–Crippen MR) is 87.6 cm³/mol. The van der Waals surface area contributed by atoms with Gasteiger partial charge >= 0.3 is 5.97 Å². The summed E-state index contributed by atoms with van der Waals surface area (Å²) in [7, 11) is 2.86. The van der Waals surface area contributed by atoms with E-state index >= 15 is 0 Å². The molecule has 1 heterocycles. The average molecular weight is 324 g/mol. The van der Waals surface area contributed by atoms with Crippen molar-refractivity contribution in [3.05, 3.63) is 71.5 Å². The van der Waals surface area contributed by atoms with Gasteiger partial charge in [-0.1, -0.05) is 18.7 Å². The SMILES string of the molecule is C=C1Oc2cc(OC)ccc2C(=O)C1c1cccc(C(=O)OC)c1. The molecule has 1 unspecified atom stereocenters. The summed E-state index contributed by atoms with van der Waals surface area (Å²) >= 11 is 0. The van der Waals surface area contributed by atoms with E-state index in [1.807, 2.05) is 0 Å². The molecule has 5 nitrogen and oxygen atoms in total. The molecule has 0 radical (unpaired) electrons. The highest BCUT2D eigenvalue weighted by molar-refractivity contribution is 6.06. The maximum atomic E-state index is 12.9. The summed E-state index contributed by atoms with van der Waals surface area (Å²) in [6.07, 6.45) is 0. The summed E-state index contributed by atoms with van der Waals surface area (Å²) in [6, 6.07) is 11.7. The number of methoxy groups -OCH3 is 2. The molecule has 2 aromatic rings. The van der Waals surface area contributed by atoms with Gasteiger partial charge in [0.2, 0.25) is 0 Å². The Hall–Kier alpha value is -3.08. The first kappa shape index (κ1) is 15.8. The number of benzene rings is 2. The quantitative estimate of drug-likeness (QED) is 0.810. The lowest BCUT2D eigenvalue weighted by Gasteiger charge is -2.26. The number of carbonyl (C=O) groups excluding carboxylic acids is 2. The number of ketones is 1. The van der Waals surface area contributed by atoms with Gasteiger partial charge in [0.25, 0.3) is 0 Å². The van der Waals surface area contributed by atoms with E-state index in [-0.39, 0.29) is 5.78 Å². The van der Waals surface area contributed by atoms with Gasteiger partial charge in [0, 0.05) is 6.07 Å². The van der Waals surface area contributed by atoms with Crippen LogP contribution in [-0.2, 0) is 4.74 Å². The number of rotatable bonds is 3. The maximum Gasteiger partial charge on any atom is 0.337 e. The smallest absolute Gasteiger partial charge is 0.337 e. The Balaban J connectivity index is 2.02. The van der Waals surface area contributed by atoms with Gasteiger partial charge < -0.3 is 14.2 Å². The molecule has 0 aliphatic carbocycles. The second kappa shape index (κ2) is 6.20.